The molecule has 32 heavy (non-hydrogen) atoms. The van der Waals surface area contributed by atoms with Gasteiger partial charge in [-0.05, 0) is 61.7 Å². The third-order valence-electron chi connectivity index (χ3n) is 6.23. The van der Waals surface area contributed by atoms with Crippen molar-refractivity contribution in [2.45, 2.75) is 33.4 Å². The fourth-order valence-electron chi connectivity index (χ4n) is 4.24. The van der Waals surface area contributed by atoms with Gasteiger partial charge in [0, 0.05) is 37.2 Å². The lowest BCUT2D eigenvalue weighted by molar-refractivity contribution is -0.134. The van der Waals surface area contributed by atoms with Gasteiger partial charge >= 0.3 is 6.03 Å². The van der Waals surface area contributed by atoms with Crippen LogP contribution in [0.2, 0.25) is 0 Å². The van der Waals surface area contributed by atoms with E-state index in [4.69, 9.17) is 0 Å². The highest BCUT2D eigenvalue weighted by Crippen LogP contribution is 2.32. The molecule has 1 unspecified atom stereocenters. The topological polar surface area (TPSA) is 57.6 Å². The lowest BCUT2D eigenvalue weighted by Crippen LogP contribution is -2.48. The van der Waals surface area contributed by atoms with Gasteiger partial charge in [-0.3, -0.25) is 4.79 Å². The quantitative estimate of drug-likeness (QED) is 0.644. The number of urea groups is 1. The molecule has 0 saturated carbocycles. The molecule has 1 aliphatic rings. The molecular weight excluding hydrogens is 400 g/mol. The van der Waals surface area contributed by atoms with E-state index in [1.165, 1.54) is 5.56 Å². The first-order valence-corrected chi connectivity index (χ1v) is 11.1. The standard InChI is InChI=1S/C26H30N4O2/c1-4-28(26(32)27-22-13-12-19(2)20(3)17-22)18-24(31)30-16-15-29-14-8-11-23(29)25(30)21-9-6-5-7-10-21/h5-14,17,25H,4,15-16,18H2,1-3H3,(H,27,32). The average molecular weight is 431 g/mol. The summed E-state index contributed by atoms with van der Waals surface area (Å²) in [6.07, 6.45) is 2.06. The van der Waals surface area contributed by atoms with Crippen LogP contribution in [0.4, 0.5) is 10.5 Å². The SMILES string of the molecule is CCN(CC(=O)N1CCn2cccc2C1c1ccccc1)C(=O)Nc1ccc(C)c(C)c1. The van der Waals surface area contributed by atoms with Crippen LogP contribution in [-0.4, -0.2) is 45.9 Å². The molecule has 0 aliphatic carbocycles. The van der Waals surface area contributed by atoms with Gasteiger partial charge in [0.05, 0.1) is 6.04 Å². The second-order valence-electron chi connectivity index (χ2n) is 8.27. The van der Waals surface area contributed by atoms with Crippen LogP contribution in [0.15, 0.2) is 66.9 Å². The van der Waals surface area contributed by atoms with E-state index in [0.29, 0.717) is 13.1 Å². The highest BCUT2D eigenvalue weighted by molar-refractivity contribution is 5.92. The smallest absolute Gasteiger partial charge is 0.322 e. The largest absolute Gasteiger partial charge is 0.348 e. The number of likely N-dealkylation sites (N-methyl/N-ethyl adjacent to an activating group) is 1. The first kappa shape index (κ1) is 21.7. The molecule has 6 heteroatoms. The Morgan fingerprint density at radius 1 is 1.00 bits per heavy atom. The van der Waals surface area contributed by atoms with E-state index < -0.39 is 0 Å². The fraction of sp³-hybridized carbons (Fsp3) is 0.308. The first-order valence-electron chi connectivity index (χ1n) is 11.1. The molecule has 6 nitrogen and oxygen atoms in total. The number of benzene rings is 2. The lowest BCUT2D eigenvalue weighted by Gasteiger charge is -2.38. The van der Waals surface area contributed by atoms with E-state index in [1.807, 2.05) is 68.1 Å². The van der Waals surface area contributed by atoms with E-state index in [9.17, 15) is 9.59 Å². The number of anilines is 1. The van der Waals surface area contributed by atoms with Gasteiger partial charge in [-0.15, -0.1) is 0 Å². The number of aromatic nitrogens is 1. The van der Waals surface area contributed by atoms with Gasteiger partial charge in [0.1, 0.15) is 6.54 Å². The number of nitrogens with one attached hydrogen (secondary N) is 1. The van der Waals surface area contributed by atoms with Crippen molar-refractivity contribution < 1.29 is 9.59 Å². The van der Waals surface area contributed by atoms with E-state index in [1.54, 1.807) is 4.90 Å². The predicted molar refractivity (Wildman–Crippen MR) is 127 cm³/mol. The molecule has 1 N–H and O–H groups in total. The number of hydrogen-bond donors (Lipinski definition) is 1. The number of hydrogen-bond acceptors (Lipinski definition) is 2. The van der Waals surface area contributed by atoms with Crippen molar-refractivity contribution in [1.29, 1.82) is 0 Å². The molecule has 1 aliphatic heterocycles. The van der Waals surface area contributed by atoms with Gasteiger partial charge in [-0.2, -0.15) is 0 Å². The first-order chi connectivity index (χ1) is 15.5. The molecule has 166 valence electrons. The van der Waals surface area contributed by atoms with Gasteiger partial charge in [0.2, 0.25) is 5.91 Å². The zero-order chi connectivity index (χ0) is 22.7. The summed E-state index contributed by atoms with van der Waals surface area (Å²) in [5.74, 6) is -0.0524. The molecule has 3 aromatic rings. The van der Waals surface area contributed by atoms with Gasteiger partial charge in [0.15, 0.2) is 0 Å². The Balaban J connectivity index is 1.52. The molecule has 3 amide bonds. The maximum atomic E-state index is 13.4. The Morgan fingerprint density at radius 3 is 2.50 bits per heavy atom. The summed E-state index contributed by atoms with van der Waals surface area (Å²) < 4.78 is 2.20. The maximum absolute atomic E-state index is 13.4. The Labute approximate surface area is 189 Å². The van der Waals surface area contributed by atoms with Crippen molar-refractivity contribution in [2.75, 3.05) is 25.0 Å². The van der Waals surface area contributed by atoms with E-state index in [0.717, 1.165) is 29.1 Å². The van der Waals surface area contributed by atoms with Crippen LogP contribution < -0.4 is 5.32 Å². The van der Waals surface area contributed by atoms with Crippen molar-refractivity contribution in [1.82, 2.24) is 14.4 Å². The lowest BCUT2D eigenvalue weighted by atomic mass is 10.00. The third kappa shape index (κ3) is 4.40. The number of carbonyl (C=O) groups is 2. The summed E-state index contributed by atoms with van der Waals surface area (Å²) >= 11 is 0. The number of rotatable bonds is 5. The number of nitrogens with zero attached hydrogens (tertiary/aromatic N) is 3. The Hall–Kier alpha value is -3.54. The molecule has 4 rings (SSSR count). The van der Waals surface area contributed by atoms with Crippen LogP contribution in [0.3, 0.4) is 0 Å². The number of amides is 3. The van der Waals surface area contributed by atoms with Crippen molar-refractivity contribution in [3.8, 4) is 0 Å². The van der Waals surface area contributed by atoms with Crippen molar-refractivity contribution in [3.63, 3.8) is 0 Å². The minimum absolute atomic E-state index is 0.0389. The average Bonchev–Trinajstić information content (AvgIpc) is 3.28. The molecule has 0 spiro atoms. The van der Waals surface area contributed by atoms with Gasteiger partial charge in [-0.1, -0.05) is 36.4 Å². The molecule has 0 saturated heterocycles. The van der Waals surface area contributed by atoms with Crippen molar-refractivity contribution in [3.05, 3.63) is 89.2 Å². The van der Waals surface area contributed by atoms with Gasteiger partial charge in [0.25, 0.3) is 0 Å². The number of aryl methyl sites for hydroxylation is 2. The minimum Gasteiger partial charge on any atom is -0.348 e. The van der Waals surface area contributed by atoms with Crippen LogP contribution in [0.25, 0.3) is 0 Å². The van der Waals surface area contributed by atoms with Crippen LogP contribution in [0.5, 0.6) is 0 Å². The molecular formula is C26H30N4O2. The number of fused-ring (bicyclic) bond motifs is 1. The highest BCUT2D eigenvalue weighted by atomic mass is 16.2. The monoisotopic (exact) mass is 430 g/mol. The normalized spacial score (nSPS) is 15.2. The summed E-state index contributed by atoms with van der Waals surface area (Å²) in [5, 5.41) is 2.94. The van der Waals surface area contributed by atoms with Crippen LogP contribution >= 0.6 is 0 Å². The zero-order valence-corrected chi connectivity index (χ0v) is 18.9. The third-order valence-corrected chi connectivity index (χ3v) is 6.23. The minimum atomic E-state index is -0.263. The Morgan fingerprint density at radius 2 is 1.78 bits per heavy atom. The summed E-state index contributed by atoms with van der Waals surface area (Å²) in [7, 11) is 0. The Bertz CT molecular complexity index is 1110. The molecule has 2 heterocycles. The zero-order valence-electron chi connectivity index (χ0n) is 18.9. The number of carbonyl (C=O) groups excluding carboxylic acids is 2. The predicted octanol–water partition coefficient (Wildman–Crippen LogP) is 4.59. The Kier molecular flexibility index (Phi) is 6.30. The second kappa shape index (κ2) is 9.30. The summed E-state index contributed by atoms with van der Waals surface area (Å²) in [6, 6.07) is 19.6. The van der Waals surface area contributed by atoms with Gasteiger partial charge in [-0.25, -0.2) is 4.79 Å². The van der Waals surface area contributed by atoms with Crippen LogP contribution in [-0.2, 0) is 11.3 Å². The van der Waals surface area contributed by atoms with Crippen LogP contribution in [0.1, 0.15) is 35.3 Å². The van der Waals surface area contributed by atoms with Crippen molar-refractivity contribution in [2.24, 2.45) is 0 Å². The van der Waals surface area contributed by atoms with E-state index in [-0.39, 0.29) is 24.5 Å². The van der Waals surface area contributed by atoms with Crippen molar-refractivity contribution >= 4 is 17.6 Å². The van der Waals surface area contributed by atoms with E-state index in [2.05, 4.69) is 34.3 Å². The van der Waals surface area contributed by atoms with Gasteiger partial charge < -0.3 is 19.7 Å². The van der Waals surface area contributed by atoms with Crippen LogP contribution in [0, 0.1) is 13.8 Å². The molecule has 2 aromatic carbocycles. The second-order valence-corrected chi connectivity index (χ2v) is 8.27. The summed E-state index contributed by atoms with van der Waals surface area (Å²) in [6.45, 7) is 7.79. The van der Waals surface area contributed by atoms with E-state index >= 15 is 0 Å². The molecule has 0 fully saturated rings. The molecule has 0 radical (unpaired) electrons. The molecule has 1 atom stereocenters. The fourth-order valence-corrected chi connectivity index (χ4v) is 4.24. The molecule has 1 aromatic heterocycles. The highest BCUT2D eigenvalue weighted by Gasteiger charge is 2.33. The molecule has 0 bridgehead atoms. The maximum Gasteiger partial charge on any atom is 0.322 e. The summed E-state index contributed by atoms with van der Waals surface area (Å²) in [4.78, 5) is 29.8. The summed E-state index contributed by atoms with van der Waals surface area (Å²) in [5.41, 5.74) is 5.19.